The molecule has 1 aromatic rings. The lowest BCUT2D eigenvalue weighted by Gasteiger charge is -1.87. The molecule has 0 heterocycles. The molecule has 0 fully saturated rings. The highest BCUT2D eigenvalue weighted by Gasteiger charge is 2.15. The summed E-state index contributed by atoms with van der Waals surface area (Å²) < 4.78 is 10.5. The fraction of sp³-hybridized carbons (Fsp3) is 0.125. The molecule has 4 heteroatoms. The molecule has 1 aromatic carbocycles. The van der Waals surface area contributed by atoms with Crippen LogP contribution in [0.15, 0.2) is 35.3 Å². The van der Waals surface area contributed by atoms with E-state index in [-0.39, 0.29) is 5.45 Å². The Balaban J connectivity index is 2.89. The van der Waals surface area contributed by atoms with Gasteiger partial charge < -0.3 is 0 Å². The van der Waals surface area contributed by atoms with Gasteiger partial charge in [-0.05, 0) is 16.7 Å². The largest absolute Gasteiger partial charge is 0.561 e. The maximum atomic E-state index is 10.5. The van der Waals surface area contributed by atoms with E-state index in [0.717, 1.165) is 0 Å². The molecule has 62 valence electrons. The number of rotatable bonds is 2. The molecule has 1 N–H and O–H groups in total. The Bertz CT molecular complexity index is 308. The van der Waals surface area contributed by atoms with Crippen LogP contribution in [0.3, 0.4) is 0 Å². The van der Waals surface area contributed by atoms with Crippen LogP contribution in [0.25, 0.3) is 0 Å². The van der Waals surface area contributed by atoms with Crippen LogP contribution in [0.5, 0.6) is 0 Å². The molecule has 1 unspecified atom stereocenters. The van der Waals surface area contributed by atoms with Crippen molar-refractivity contribution in [3.63, 3.8) is 0 Å². The zero-order valence-corrected chi connectivity index (χ0v) is 7.53. The second-order valence-electron chi connectivity index (χ2n) is 2.27. The predicted molar refractivity (Wildman–Crippen MR) is 49.0 cm³/mol. The highest BCUT2D eigenvalue weighted by molar-refractivity contribution is 7.58. The molecule has 3 nitrogen and oxygen atoms in total. The Morgan fingerprint density at radius 3 is 2.50 bits per heavy atom. The molecule has 1 atom stereocenters. The minimum atomic E-state index is -2.29. The summed E-state index contributed by atoms with van der Waals surface area (Å²) in [5.74, 6) is 0. The highest BCUT2D eigenvalue weighted by atomic mass is 31.1. The van der Waals surface area contributed by atoms with Crippen molar-refractivity contribution in [3.05, 3.63) is 30.3 Å². The molecule has 0 aliphatic heterocycles. The Morgan fingerprint density at radius 1 is 1.42 bits per heavy atom. The van der Waals surface area contributed by atoms with E-state index in [1.165, 1.54) is 6.92 Å². The standard InChI is InChI=1S/C8H8NO2P/c1-7(12(10)11)9-8-5-3-2-4-6-8/h2-6H,1H3/p+1. The highest BCUT2D eigenvalue weighted by Crippen LogP contribution is 2.20. The molecular formula is C8H9NO2P+. The number of para-hydroxylation sites is 1. The Labute approximate surface area is 71.6 Å². The average Bonchev–Trinajstić information content (AvgIpc) is 2.06. The third-order valence-electron chi connectivity index (χ3n) is 1.32. The van der Waals surface area contributed by atoms with Crippen molar-refractivity contribution in [2.75, 3.05) is 0 Å². The molecule has 0 aliphatic rings. The van der Waals surface area contributed by atoms with Crippen LogP contribution in [-0.4, -0.2) is 10.3 Å². The number of aliphatic imine (C=N–C) groups is 1. The summed E-state index contributed by atoms with van der Waals surface area (Å²) in [6, 6.07) is 9.09. The Kier molecular flexibility index (Phi) is 3.09. The summed E-state index contributed by atoms with van der Waals surface area (Å²) in [6.45, 7) is 1.53. The van der Waals surface area contributed by atoms with Crippen LogP contribution in [0, 0.1) is 0 Å². The van der Waals surface area contributed by atoms with Crippen molar-refractivity contribution in [1.82, 2.24) is 0 Å². The zero-order chi connectivity index (χ0) is 8.97. The van der Waals surface area contributed by atoms with Crippen molar-refractivity contribution < 1.29 is 9.46 Å². The Morgan fingerprint density at radius 2 is 2.00 bits per heavy atom. The van der Waals surface area contributed by atoms with Gasteiger partial charge in [-0.1, -0.05) is 18.2 Å². The maximum absolute atomic E-state index is 10.5. The molecule has 0 aliphatic carbocycles. The van der Waals surface area contributed by atoms with Gasteiger partial charge in [0, 0.05) is 6.92 Å². The monoisotopic (exact) mass is 182 g/mol. The van der Waals surface area contributed by atoms with E-state index >= 15 is 0 Å². The molecule has 1 rings (SSSR count). The first kappa shape index (κ1) is 9.04. The fourth-order valence-electron chi connectivity index (χ4n) is 0.732. The lowest BCUT2D eigenvalue weighted by Crippen LogP contribution is -1.79. The first-order valence-corrected chi connectivity index (χ1v) is 4.68. The van der Waals surface area contributed by atoms with Gasteiger partial charge in [0.05, 0.1) is 5.69 Å². The van der Waals surface area contributed by atoms with Gasteiger partial charge in [0.1, 0.15) is 0 Å². The van der Waals surface area contributed by atoms with Crippen LogP contribution < -0.4 is 0 Å². The van der Waals surface area contributed by atoms with Gasteiger partial charge in [-0.2, -0.15) is 4.89 Å². The van der Waals surface area contributed by atoms with Crippen LogP contribution in [0.1, 0.15) is 6.92 Å². The topological polar surface area (TPSA) is 49.7 Å². The smallest absolute Gasteiger partial charge is 0.206 e. The summed E-state index contributed by atoms with van der Waals surface area (Å²) >= 11 is 0. The third-order valence-corrected chi connectivity index (χ3v) is 1.98. The SMILES string of the molecule is CC(=Nc1ccccc1)[P+](=O)O. The summed E-state index contributed by atoms with van der Waals surface area (Å²) in [4.78, 5) is 12.6. The normalized spacial score (nSPS) is 12.8. The number of benzene rings is 1. The number of nitrogens with zero attached hydrogens (tertiary/aromatic N) is 1. The summed E-state index contributed by atoms with van der Waals surface area (Å²) in [6.07, 6.45) is 0. The van der Waals surface area contributed by atoms with Crippen LogP contribution in [0.2, 0.25) is 0 Å². The molecule has 12 heavy (non-hydrogen) atoms. The average molecular weight is 182 g/mol. The number of hydrogen-bond acceptors (Lipinski definition) is 2. The first-order chi connectivity index (χ1) is 5.70. The van der Waals surface area contributed by atoms with E-state index in [9.17, 15) is 4.57 Å². The van der Waals surface area contributed by atoms with Crippen LogP contribution >= 0.6 is 8.03 Å². The predicted octanol–water partition coefficient (Wildman–Crippen LogP) is 2.47. The Hall–Kier alpha value is -1.05. The molecule has 0 amide bonds. The van der Waals surface area contributed by atoms with E-state index in [4.69, 9.17) is 4.89 Å². The van der Waals surface area contributed by atoms with Gasteiger partial charge in [-0.15, -0.1) is 0 Å². The molecule has 0 spiro atoms. The maximum Gasteiger partial charge on any atom is 0.561 e. The first-order valence-electron chi connectivity index (χ1n) is 3.46. The summed E-state index contributed by atoms with van der Waals surface area (Å²) in [5, 5.41) is 0. The summed E-state index contributed by atoms with van der Waals surface area (Å²) in [7, 11) is -2.29. The minimum Gasteiger partial charge on any atom is -0.206 e. The van der Waals surface area contributed by atoms with E-state index < -0.39 is 8.03 Å². The second kappa shape index (κ2) is 4.10. The molecule has 0 bridgehead atoms. The van der Waals surface area contributed by atoms with E-state index in [0.29, 0.717) is 5.69 Å². The molecular weight excluding hydrogens is 173 g/mol. The van der Waals surface area contributed by atoms with Gasteiger partial charge in [-0.25, -0.2) is 4.99 Å². The lowest BCUT2D eigenvalue weighted by atomic mass is 10.3. The zero-order valence-electron chi connectivity index (χ0n) is 6.64. The van der Waals surface area contributed by atoms with E-state index in [2.05, 4.69) is 4.99 Å². The van der Waals surface area contributed by atoms with Crippen molar-refractivity contribution >= 4 is 19.2 Å². The quantitative estimate of drug-likeness (QED) is 0.564. The third kappa shape index (κ3) is 2.53. The van der Waals surface area contributed by atoms with Gasteiger partial charge in [0.2, 0.25) is 0 Å². The van der Waals surface area contributed by atoms with Crippen molar-refractivity contribution in [2.45, 2.75) is 6.92 Å². The van der Waals surface area contributed by atoms with Crippen molar-refractivity contribution in [2.24, 2.45) is 4.99 Å². The van der Waals surface area contributed by atoms with E-state index in [1.54, 1.807) is 12.1 Å². The van der Waals surface area contributed by atoms with Crippen molar-refractivity contribution in [1.29, 1.82) is 0 Å². The van der Waals surface area contributed by atoms with Crippen LogP contribution in [-0.2, 0) is 4.57 Å². The minimum absolute atomic E-state index is 0.246. The van der Waals surface area contributed by atoms with Gasteiger partial charge in [-0.3, -0.25) is 0 Å². The van der Waals surface area contributed by atoms with Gasteiger partial charge >= 0.3 is 8.03 Å². The van der Waals surface area contributed by atoms with Gasteiger partial charge in [0.25, 0.3) is 5.45 Å². The fourth-order valence-corrected chi connectivity index (χ4v) is 0.933. The summed E-state index contributed by atoms with van der Waals surface area (Å²) in [5.41, 5.74) is 0.948. The van der Waals surface area contributed by atoms with Gasteiger partial charge in [0.15, 0.2) is 0 Å². The number of hydrogen-bond donors (Lipinski definition) is 1. The molecule has 0 aromatic heterocycles. The van der Waals surface area contributed by atoms with Crippen LogP contribution in [0.4, 0.5) is 5.69 Å². The molecule has 0 saturated heterocycles. The van der Waals surface area contributed by atoms with Crippen molar-refractivity contribution in [3.8, 4) is 0 Å². The van der Waals surface area contributed by atoms with E-state index in [1.807, 2.05) is 18.2 Å². The molecule has 0 radical (unpaired) electrons. The second-order valence-corrected chi connectivity index (χ2v) is 3.46. The lowest BCUT2D eigenvalue weighted by molar-refractivity contribution is 0.515. The molecule has 0 saturated carbocycles.